The Labute approximate surface area is 94.0 Å². The molecule has 0 spiro atoms. The van der Waals surface area contributed by atoms with E-state index in [1.807, 2.05) is 27.7 Å². The van der Waals surface area contributed by atoms with Gasteiger partial charge in [0, 0.05) is 30.0 Å². The van der Waals surface area contributed by atoms with Crippen molar-refractivity contribution in [2.24, 2.45) is 5.73 Å². The first-order valence-corrected chi connectivity index (χ1v) is 6.19. The quantitative estimate of drug-likeness (QED) is 0.740. The molecular formula is C9H8N4S2. The average molecular weight is 236 g/mol. The summed E-state index contributed by atoms with van der Waals surface area (Å²) in [5, 5.41) is 2.04. The molecule has 0 aromatic carbocycles. The Morgan fingerprint density at radius 1 is 1.40 bits per heavy atom. The van der Waals surface area contributed by atoms with Crippen LogP contribution in [0.4, 0.5) is 0 Å². The average Bonchev–Trinajstić information content (AvgIpc) is 2.93. The van der Waals surface area contributed by atoms with E-state index in [4.69, 9.17) is 5.73 Å². The second-order valence-corrected chi connectivity index (χ2v) is 4.80. The number of nitrogens with zero attached hydrogens (tertiary/aromatic N) is 3. The summed E-state index contributed by atoms with van der Waals surface area (Å²) in [5.41, 5.74) is 9.52. The minimum Gasteiger partial charge on any atom is -0.325 e. The SMILES string of the molecule is NCc1csc2nc(-c3cncs3)cn12. The Bertz CT molecular complexity index is 578. The predicted octanol–water partition coefficient (Wildman–Crippen LogP) is 1.98. The van der Waals surface area contributed by atoms with Crippen LogP contribution >= 0.6 is 22.7 Å². The zero-order valence-corrected chi connectivity index (χ0v) is 9.38. The Morgan fingerprint density at radius 2 is 2.33 bits per heavy atom. The van der Waals surface area contributed by atoms with Crippen LogP contribution in [0.1, 0.15) is 5.69 Å². The third-order valence-corrected chi connectivity index (χ3v) is 3.86. The molecule has 0 amide bonds. The fourth-order valence-corrected chi connectivity index (χ4v) is 2.90. The van der Waals surface area contributed by atoms with Gasteiger partial charge in [-0.15, -0.1) is 22.7 Å². The molecule has 0 radical (unpaired) electrons. The van der Waals surface area contributed by atoms with Gasteiger partial charge in [-0.25, -0.2) is 4.98 Å². The lowest BCUT2D eigenvalue weighted by Gasteiger charge is -1.90. The van der Waals surface area contributed by atoms with Crippen molar-refractivity contribution in [3.05, 3.63) is 29.0 Å². The van der Waals surface area contributed by atoms with Gasteiger partial charge in [0.05, 0.1) is 10.4 Å². The third-order valence-electron chi connectivity index (χ3n) is 2.18. The molecular weight excluding hydrogens is 228 g/mol. The van der Waals surface area contributed by atoms with E-state index in [1.54, 1.807) is 22.7 Å². The Kier molecular flexibility index (Phi) is 2.05. The molecule has 76 valence electrons. The van der Waals surface area contributed by atoms with Gasteiger partial charge < -0.3 is 5.73 Å². The van der Waals surface area contributed by atoms with Crippen molar-refractivity contribution >= 4 is 27.6 Å². The standard InChI is InChI=1S/C9H8N4S2/c10-1-6-4-14-9-12-7(3-13(6)9)8-2-11-5-15-8/h2-5H,1,10H2. The van der Waals surface area contributed by atoms with E-state index < -0.39 is 0 Å². The molecule has 0 saturated heterocycles. The predicted molar refractivity (Wildman–Crippen MR) is 62.1 cm³/mol. The van der Waals surface area contributed by atoms with Crippen molar-refractivity contribution in [1.29, 1.82) is 0 Å². The number of hydrogen-bond acceptors (Lipinski definition) is 5. The molecule has 0 saturated carbocycles. The van der Waals surface area contributed by atoms with Gasteiger partial charge >= 0.3 is 0 Å². The second kappa shape index (κ2) is 3.41. The topological polar surface area (TPSA) is 56.2 Å². The summed E-state index contributed by atoms with van der Waals surface area (Å²) in [6.07, 6.45) is 3.85. The molecule has 0 unspecified atom stereocenters. The van der Waals surface area contributed by atoms with Crippen molar-refractivity contribution in [2.75, 3.05) is 0 Å². The first kappa shape index (κ1) is 9.02. The Balaban J connectivity index is 2.19. The van der Waals surface area contributed by atoms with E-state index in [-0.39, 0.29) is 0 Å². The maximum Gasteiger partial charge on any atom is 0.194 e. The molecule has 0 bridgehead atoms. The minimum atomic E-state index is 0.540. The van der Waals surface area contributed by atoms with Crippen LogP contribution in [0.3, 0.4) is 0 Å². The van der Waals surface area contributed by atoms with Gasteiger partial charge in [-0.05, 0) is 0 Å². The van der Waals surface area contributed by atoms with E-state index in [9.17, 15) is 0 Å². The molecule has 0 fully saturated rings. The minimum absolute atomic E-state index is 0.540. The maximum absolute atomic E-state index is 5.64. The van der Waals surface area contributed by atoms with Crippen LogP contribution in [0.5, 0.6) is 0 Å². The molecule has 0 aliphatic heterocycles. The highest BCUT2D eigenvalue weighted by molar-refractivity contribution is 7.15. The summed E-state index contributed by atoms with van der Waals surface area (Å²) < 4.78 is 2.04. The maximum atomic E-state index is 5.64. The zero-order valence-electron chi connectivity index (χ0n) is 7.75. The van der Waals surface area contributed by atoms with Gasteiger partial charge in [0.25, 0.3) is 0 Å². The number of rotatable bonds is 2. The molecule has 0 aliphatic rings. The summed E-state index contributed by atoms with van der Waals surface area (Å²) >= 11 is 3.21. The summed E-state index contributed by atoms with van der Waals surface area (Å²) in [5.74, 6) is 0. The summed E-state index contributed by atoms with van der Waals surface area (Å²) in [7, 11) is 0. The summed E-state index contributed by atoms with van der Waals surface area (Å²) in [6, 6.07) is 0. The highest BCUT2D eigenvalue weighted by Gasteiger charge is 2.09. The molecule has 3 aromatic heterocycles. The van der Waals surface area contributed by atoms with E-state index in [1.165, 1.54) is 0 Å². The van der Waals surface area contributed by atoms with Gasteiger partial charge in [-0.2, -0.15) is 0 Å². The number of hydrogen-bond donors (Lipinski definition) is 1. The lowest BCUT2D eigenvalue weighted by atomic mass is 10.4. The largest absolute Gasteiger partial charge is 0.325 e. The third kappa shape index (κ3) is 1.38. The summed E-state index contributed by atoms with van der Waals surface area (Å²) in [6.45, 7) is 0.540. The van der Waals surface area contributed by atoms with Crippen LogP contribution in [0.15, 0.2) is 23.3 Å². The van der Waals surface area contributed by atoms with Crippen molar-refractivity contribution in [2.45, 2.75) is 6.54 Å². The molecule has 0 atom stereocenters. The Hall–Kier alpha value is -1.24. The fraction of sp³-hybridized carbons (Fsp3) is 0.111. The van der Waals surface area contributed by atoms with Gasteiger partial charge in [0.2, 0.25) is 0 Å². The van der Waals surface area contributed by atoms with Crippen LogP contribution in [0.25, 0.3) is 15.5 Å². The van der Waals surface area contributed by atoms with E-state index in [0.29, 0.717) is 6.54 Å². The highest BCUT2D eigenvalue weighted by Crippen LogP contribution is 2.25. The molecule has 2 N–H and O–H groups in total. The Morgan fingerprint density at radius 3 is 3.07 bits per heavy atom. The molecule has 3 aromatic rings. The van der Waals surface area contributed by atoms with Gasteiger partial charge in [-0.3, -0.25) is 9.38 Å². The number of imidazole rings is 1. The number of thiazole rings is 2. The smallest absolute Gasteiger partial charge is 0.194 e. The molecule has 0 aliphatic carbocycles. The number of fused-ring (bicyclic) bond motifs is 1. The monoisotopic (exact) mass is 236 g/mol. The van der Waals surface area contributed by atoms with Crippen molar-refractivity contribution < 1.29 is 0 Å². The van der Waals surface area contributed by atoms with Gasteiger partial charge in [0.15, 0.2) is 4.96 Å². The molecule has 6 heteroatoms. The lowest BCUT2D eigenvalue weighted by molar-refractivity contribution is 0.966. The van der Waals surface area contributed by atoms with E-state index >= 15 is 0 Å². The fourth-order valence-electron chi connectivity index (χ4n) is 1.44. The summed E-state index contributed by atoms with van der Waals surface area (Å²) in [4.78, 5) is 10.6. The van der Waals surface area contributed by atoms with Crippen molar-refractivity contribution in [3.8, 4) is 10.6 Å². The van der Waals surface area contributed by atoms with Crippen molar-refractivity contribution in [1.82, 2.24) is 14.4 Å². The second-order valence-electron chi connectivity index (χ2n) is 3.08. The zero-order chi connectivity index (χ0) is 10.3. The van der Waals surface area contributed by atoms with Crippen LogP contribution in [0.2, 0.25) is 0 Å². The van der Waals surface area contributed by atoms with Crippen molar-refractivity contribution in [3.63, 3.8) is 0 Å². The van der Waals surface area contributed by atoms with Crippen LogP contribution in [-0.4, -0.2) is 14.4 Å². The first-order valence-electron chi connectivity index (χ1n) is 4.43. The van der Waals surface area contributed by atoms with Crippen LogP contribution < -0.4 is 5.73 Å². The number of nitrogens with two attached hydrogens (primary N) is 1. The lowest BCUT2D eigenvalue weighted by Crippen LogP contribution is -1.98. The van der Waals surface area contributed by atoms with E-state index in [0.717, 1.165) is 21.2 Å². The molecule has 3 heterocycles. The first-order chi connectivity index (χ1) is 7.38. The van der Waals surface area contributed by atoms with Crippen LogP contribution in [0, 0.1) is 0 Å². The molecule has 15 heavy (non-hydrogen) atoms. The number of aromatic nitrogens is 3. The van der Waals surface area contributed by atoms with Gasteiger partial charge in [0.1, 0.15) is 5.69 Å². The van der Waals surface area contributed by atoms with Gasteiger partial charge in [-0.1, -0.05) is 0 Å². The highest BCUT2D eigenvalue weighted by atomic mass is 32.1. The normalized spacial score (nSPS) is 11.3. The van der Waals surface area contributed by atoms with Crippen LogP contribution in [-0.2, 0) is 6.54 Å². The molecule has 4 nitrogen and oxygen atoms in total. The molecule has 3 rings (SSSR count). The van der Waals surface area contributed by atoms with E-state index in [2.05, 4.69) is 9.97 Å².